The summed E-state index contributed by atoms with van der Waals surface area (Å²) in [6.45, 7) is 23.8. The minimum atomic E-state index is -0.917. The Morgan fingerprint density at radius 3 is 0.615 bits per heavy atom. The van der Waals surface area contributed by atoms with Crippen LogP contribution in [-0.2, 0) is 0 Å². The molecular weight excluding hydrogens is 262 g/mol. The molecule has 0 aromatic rings. The van der Waals surface area contributed by atoms with E-state index in [4.69, 9.17) is 0 Å². The van der Waals surface area contributed by atoms with Gasteiger partial charge in [-0.05, 0) is 0 Å². The van der Waals surface area contributed by atoms with Gasteiger partial charge in [0.15, 0.2) is 0 Å². The van der Waals surface area contributed by atoms with E-state index in [0.717, 1.165) is 0 Å². The van der Waals surface area contributed by atoms with Crippen LogP contribution in [0.5, 0.6) is 0 Å². The third-order valence-electron chi connectivity index (χ3n) is 2.60. The molecule has 0 radical (unpaired) electrons. The molecule has 0 amide bonds. The Morgan fingerprint density at radius 2 is 0.615 bits per heavy atom. The van der Waals surface area contributed by atoms with Crippen molar-refractivity contribution < 1.29 is 0 Å². The fraction of sp³-hybridized carbons (Fsp3) is 1.00. The maximum atomic E-state index is 2.65. The zero-order valence-electron chi connectivity index (χ0n) is 11.1. The van der Waals surface area contributed by atoms with Crippen molar-refractivity contribution in [1.82, 2.24) is 0 Å². The van der Waals surface area contributed by atoms with Gasteiger partial charge in [-0.3, -0.25) is 0 Å². The number of rotatable bonds is 3. The second-order valence-corrected chi connectivity index (χ2v) is 74.2. The van der Waals surface area contributed by atoms with E-state index in [1.807, 2.05) is 0 Å². The Hall–Kier alpha value is 1.29. The Bertz CT molecular complexity index is 137. The SMILES string of the molecule is C[Si](C)(C)[Ga]([Si](C)(C)C)[Si](C)(C)C. The topological polar surface area (TPSA) is 0 Å². The summed E-state index contributed by atoms with van der Waals surface area (Å²) >= 11 is -0.917. The molecule has 0 nitrogen and oxygen atoms in total. The normalized spacial score (nSPS) is 14.5. The molecule has 0 atom stereocenters. The van der Waals surface area contributed by atoms with Gasteiger partial charge in [0.2, 0.25) is 0 Å². The summed E-state index contributed by atoms with van der Waals surface area (Å²) < 4.78 is 0. The van der Waals surface area contributed by atoms with Crippen LogP contribution in [0.2, 0.25) is 58.9 Å². The molecule has 0 spiro atoms. The van der Waals surface area contributed by atoms with Crippen molar-refractivity contribution >= 4 is 32.9 Å². The Morgan fingerprint density at radius 1 is 0.462 bits per heavy atom. The molecule has 0 aliphatic carbocycles. The van der Waals surface area contributed by atoms with Gasteiger partial charge >= 0.3 is 91.8 Å². The molecule has 0 saturated heterocycles. The van der Waals surface area contributed by atoms with E-state index in [1.54, 1.807) is 0 Å². The molecule has 0 saturated carbocycles. The van der Waals surface area contributed by atoms with E-state index in [0.29, 0.717) is 0 Å². The summed E-state index contributed by atoms with van der Waals surface area (Å²) in [4.78, 5) is 0. The van der Waals surface area contributed by atoms with Gasteiger partial charge in [-0.15, -0.1) is 0 Å². The van der Waals surface area contributed by atoms with Gasteiger partial charge in [-0.1, -0.05) is 0 Å². The second kappa shape index (κ2) is 4.04. The van der Waals surface area contributed by atoms with E-state index in [2.05, 4.69) is 58.9 Å². The molecule has 0 rings (SSSR count). The van der Waals surface area contributed by atoms with Gasteiger partial charge in [0, 0.05) is 0 Å². The minimum absolute atomic E-state index is 0.747. The van der Waals surface area contributed by atoms with Crippen LogP contribution >= 0.6 is 0 Å². The Balaban J connectivity index is 5.02. The van der Waals surface area contributed by atoms with Crippen LogP contribution < -0.4 is 0 Å². The van der Waals surface area contributed by atoms with Crippen LogP contribution in [0.15, 0.2) is 0 Å². The standard InChI is InChI=1S/3C3H9Si.Ga/c3*1-4(2)3;/h3*1-3H3;. The first kappa shape index (κ1) is 14.3. The molecule has 0 fully saturated rings. The Labute approximate surface area is 91.5 Å². The third-order valence-corrected chi connectivity index (χ3v) is 122. The number of hydrogen-bond donors (Lipinski definition) is 0. The van der Waals surface area contributed by atoms with Crippen LogP contribution in [0.3, 0.4) is 0 Å². The maximum absolute atomic E-state index is 2.65. The zero-order chi connectivity index (χ0) is 11.1. The van der Waals surface area contributed by atoms with E-state index in [1.165, 1.54) is 0 Å². The molecule has 78 valence electrons. The van der Waals surface area contributed by atoms with Crippen molar-refractivity contribution in [2.24, 2.45) is 0 Å². The van der Waals surface area contributed by atoms with Crippen LogP contribution in [0.4, 0.5) is 0 Å². The monoisotopic (exact) mass is 288 g/mol. The fourth-order valence-corrected chi connectivity index (χ4v) is 182. The van der Waals surface area contributed by atoms with Crippen LogP contribution in [-0.4, -0.2) is 32.9 Å². The molecule has 0 bridgehead atoms. The van der Waals surface area contributed by atoms with Gasteiger partial charge in [0.25, 0.3) is 0 Å². The van der Waals surface area contributed by atoms with Crippen LogP contribution in [0.1, 0.15) is 0 Å². The van der Waals surface area contributed by atoms with Crippen molar-refractivity contribution in [2.45, 2.75) is 58.9 Å². The van der Waals surface area contributed by atoms with Crippen molar-refractivity contribution in [1.29, 1.82) is 0 Å². The average Bonchev–Trinajstić information content (AvgIpc) is 1.44. The Kier molecular flexibility index (Phi) is 4.44. The van der Waals surface area contributed by atoms with E-state index in [-0.39, 0.29) is 0 Å². The summed E-state index contributed by atoms with van der Waals surface area (Å²) in [5, 5.41) is 0. The molecule has 0 N–H and O–H groups in total. The second-order valence-electron chi connectivity index (χ2n) is 7.53. The molecule has 0 aromatic carbocycles. The van der Waals surface area contributed by atoms with Gasteiger partial charge < -0.3 is 0 Å². The van der Waals surface area contributed by atoms with Crippen molar-refractivity contribution in [3.8, 4) is 0 Å². The molecule has 4 heteroatoms. The first-order valence-electron chi connectivity index (χ1n) is 5.37. The summed E-state index contributed by atoms with van der Waals surface area (Å²) in [7, 11) is 0. The molecule has 0 unspecified atom stereocenters. The molecule has 0 aromatic heterocycles. The summed E-state index contributed by atoms with van der Waals surface area (Å²) in [5.41, 5.74) is 0. The van der Waals surface area contributed by atoms with Gasteiger partial charge in [-0.25, -0.2) is 0 Å². The van der Waals surface area contributed by atoms with Crippen LogP contribution in [0, 0.1) is 0 Å². The van der Waals surface area contributed by atoms with Gasteiger partial charge in [0.05, 0.1) is 0 Å². The molecule has 0 heterocycles. The fourth-order valence-electron chi connectivity index (χ4n) is 3.90. The summed E-state index contributed by atoms with van der Waals surface area (Å²) in [6, 6.07) is 0. The molecular formula is C9H27GaSi3. The quantitative estimate of drug-likeness (QED) is 0.694. The van der Waals surface area contributed by atoms with E-state index in [9.17, 15) is 0 Å². The predicted octanol–water partition coefficient (Wildman–Crippen LogP) is 3.73. The van der Waals surface area contributed by atoms with Crippen LogP contribution in [0.25, 0.3) is 0 Å². The van der Waals surface area contributed by atoms with Crippen molar-refractivity contribution in [3.63, 3.8) is 0 Å². The summed E-state index contributed by atoms with van der Waals surface area (Å²) in [5.74, 6) is 0. The molecule has 0 aliphatic rings. The van der Waals surface area contributed by atoms with Gasteiger partial charge in [-0.2, -0.15) is 0 Å². The van der Waals surface area contributed by atoms with Gasteiger partial charge in [0.1, 0.15) is 0 Å². The first-order chi connectivity index (χ1) is 5.37. The summed E-state index contributed by atoms with van der Waals surface area (Å²) in [6.07, 6.45) is -2.24. The molecule has 13 heavy (non-hydrogen) atoms. The number of hydrogen-bond acceptors (Lipinski definition) is 0. The van der Waals surface area contributed by atoms with Crippen molar-refractivity contribution in [2.75, 3.05) is 0 Å². The predicted molar refractivity (Wildman–Crippen MR) is 75.8 cm³/mol. The molecule has 0 aliphatic heterocycles. The first-order valence-corrected chi connectivity index (χ1v) is 27.0. The van der Waals surface area contributed by atoms with Crippen molar-refractivity contribution in [3.05, 3.63) is 0 Å². The average molecular weight is 289 g/mol. The zero-order valence-corrected chi connectivity index (χ0v) is 16.5. The van der Waals surface area contributed by atoms with E-state index >= 15 is 0 Å². The third kappa shape index (κ3) is 4.55. The van der Waals surface area contributed by atoms with E-state index < -0.39 is 32.9 Å².